The number of fused-ring (bicyclic) bond motifs is 1. The third kappa shape index (κ3) is 5.10. The molecule has 0 radical (unpaired) electrons. The van der Waals surface area contributed by atoms with Crippen molar-refractivity contribution in [3.63, 3.8) is 0 Å². The molecule has 1 aliphatic heterocycles. The van der Waals surface area contributed by atoms with Crippen LogP contribution in [-0.2, 0) is 11.3 Å². The highest BCUT2D eigenvalue weighted by atomic mass is 35.5. The van der Waals surface area contributed by atoms with Crippen LogP contribution in [0.5, 0.6) is 0 Å². The van der Waals surface area contributed by atoms with Crippen LogP contribution < -0.4 is 10.7 Å². The second kappa shape index (κ2) is 10.9. The third-order valence-electron chi connectivity index (χ3n) is 8.13. The van der Waals surface area contributed by atoms with Crippen molar-refractivity contribution in [3.8, 4) is 22.8 Å². The molecule has 4 aromatic rings. The SMILES string of the molecule is CO[C@@H]1C[C@@H](C(F)F)N(c2nc3cc(-c4noc(=O)[nH]4)nc(-c4cncc(Cl)c4)c3n2CC2CCC(C)CC2)C1. The molecule has 1 saturated heterocycles. The van der Waals surface area contributed by atoms with Crippen molar-refractivity contribution in [1.82, 2.24) is 29.7 Å². The summed E-state index contributed by atoms with van der Waals surface area (Å²) >= 11 is 6.32. The number of aromatic nitrogens is 6. The zero-order valence-corrected chi connectivity index (χ0v) is 22.9. The van der Waals surface area contributed by atoms with E-state index in [1.165, 1.54) is 6.20 Å². The summed E-state index contributed by atoms with van der Waals surface area (Å²) in [5.41, 5.74) is 2.65. The van der Waals surface area contributed by atoms with Gasteiger partial charge in [-0.05, 0) is 36.8 Å². The Morgan fingerprint density at radius 3 is 2.67 bits per heavy atom. The Hall–Kier alpha value is -3.38. The number of H-pyrrole nitrogens is 1. The summed E-state index contributed by atoms with van der Waals surface area (Å²) in [7, 11) is 1.54. The topological polar surface area (TPSA) is 115 Å². The van der Waals surface area contributed by atoms with Gasteiger partial charge in [-0.25, -0.2) is 23.5 Å². The number of alkyl halides is 2. The number of pyridine rings is 2. The summed E-state index contributed by atoms with van der Waals surface area (Å²) < 4.78 is 40.9. The summed E-state index contributed by atoms with van der Waals surface area (Å²) in [6.07, 6.45) is 4.77. The number of rotatable bonds is 7. The van der Waals surface area contributed by atoms with Crippen LogP contribution in [0.4, 0.5) is 14.7 Å². The number of anilines is 1. The number of ether oxygens (including phenoxy) is 1. The lowest BCUT2D eigenvalue weighted by Gasteiger charge is -2.30. The minimum Gasteiger partial charge on any atom is -0.380 e. The monoisotopic (exact) mass is 573 g/mol. The summed E-state index contributed by atoms with van der Waals surface area (Å²) in [5.74, 6) is 0.883. The van der Waals surface area contributed by atoms with E-state index >= 15 is 0 Å². The third-order valence-corrected chi connectivity index (χ3v) is 8.33. The van der Waals surface area contributed by atoms with Crippen LogP contribution in [0, 0.1) is 11.8 Å². The molecule has 2 aliphatic rings. The number of hydrogen-bond donors (Lipinski definition) is 1. The summed E-state index contributed by atoms with van der Waals surface area (Å²) in [4.78, 5) is 29.9. The smallest absolute Gasteiger partial charge is 0.380 e. The molecule has 6 rings (SSSR count). The molecule has 4 aromatic heterocycles. The van der Waals surface area contributed by atoms with Crippen LogP contribution in [0.25, 0.3) is 33.8 Å². The second-order valence-electron chi connectivity index (χ2n) is 10.9. The van der Waals surface area contributed by atoms with Gasteiger partial charge in [-0.1, -0.05) is 36.5 Å². The Labute approximate surface area is 233 Å². The molecular formula is C27H30ClF2N7O3. The Morgan fingerprint density at radius 1 is 1.20 bits per heavy atom. The summed E-state index contributed by atoms with van der Waals surface area (Å²) in [6, 6.07) is 2.39. The lowest BCUT2D eigenvalue weighted by molar-refractivity contribution is 0.0869. The van der Waals surface area contributed by atoms with E-state index in [-0.39, 0.29) is 18.3 Å². The molecule has 1 aliphatic carbocycles. The molecule has 1 saturated carbocycles. The Balaban J connectivity index is 1.58. The predicted octanol–water partition coefficient (Wildman–Crippen LogP) is 5.18. The second-order valence-corrected chi connectivity index (χ2v) is 11.3. The van der Waals surface area contributed by atoms with E-state index in [2.05, 4.69) is 22.0 Å². The lowest BCUT2D eigenvalue weighted by atomic mass is 9.83. The van der Waals surface area contributed by atoms with Crippen LogP contribution in [-0.4, -0.2) is 61.9 Å². The number of nitrogens with one attached hydrogen (secondary N) is 1. The van der Waals surface area contributed by atoms with Crippen LogP contribution in [0.1, 0.15) is 39.0 Å². The minimum atomic E-state index is -2.57. The first kappa shape index (κ1) is 26.8. The van der Waals surface area contributed by atoms with E-state index in [9.17, 15) is 13.6 Å². The fraction of sp³-hybridized carbons (Fsp3) is 0.519. The Bertz CT molecular complexity index is 1560. The highest BCUT2D eigenvalue weighted by molar-refractivity contribution is 6.30. The number of aromatic amines is 1. The number of nitrogens with zero attached hydrogens (tertiary/aromatic N) is 6. The lowest BCUT2D eigenvalue weighted by Crippen LogP contribution is -2.37. The number of methoxy groups -OCH3 is 1. The van der Waals surface area contributed by atoms with Gasteiger partial charge in [-0.2, -0.15) is 0 Å². The summed E-state index contributed by atoms with van der Waals surface area (Å²) in [5, 5.41) is 4.22. The van der Waals surface area contributed by atoms with E-state index < -0.39 is 18.2 Å². The number of imidazole rings is 1. The first-order chi connectivity index (χ1) is 19.3. The average Bonchev–Trinajstić information content (AvgIpc) is 3.66. The van der Waals surface area contributed by atoms with Gasteiger partial charge in [0.2, 0.25) is 11.8 Å². The minimum absolute atomic E-state index is 0.131. The van der Waals surface area contributed by atoms with E-state index in [1.807, 2.05) is 4.57 Å². The molecule has 212 valence electrons. The van der Waals surface area contributed by atoms with Gasteiger partial charge in [0.25, 0.3) is 6.43 Å². The fourth-order valence-corrected chi connectivity index (χ4v) is 6.15. The standard InChI is InChI=1S/C27H30ClF2N7O3/c1-14-3-5-15(6-4-14)12-37-23-19(33-26(37)36-13-18(39-2)8-21(36)24(29)30)9-20(25-34-27(38)40-35-25)32-22(23)16-7-17(28)11-31-10-16/h7,9-11,14-15,18,21,24H,3-6,8,12-13H2,1-2H3,(H,34,35,38)/t14?,15?,18-,21+/m1/s1. The predicted molar refractivity (Wildman–Crippen MR) is 146 cm³/mol. The molecular weight excluding hydrogens is 544 g/mol. The maximum atomic E-state index is 14.3. The van der Waals surface area contributed by atoms with Gasteiger partial charge in [0, 0.05) is 44.6 Å². The first-order valence-electron chi connectivity index (χ1n) is 13.5. The average molecular weight is 574 g/mol. The first-order valence-corrected chi connectivity index (χ1v) is 13.8. The molecule has 10 nitrogen and oxygen atoms in total. The Morgan fingerprint density at radius 2 is 2.00 bits per heavy atom. The van der Waals surface area contributed by atoms with Gasteiger partial charge >= 0.3 is 5.76 Å². The highest BCUT2D eigenvalue weighted by Gasteiger charge is 2.41. The van der Waals surface area contributed by atoms with Crippen LogP contribution in [0.3, 0.4) is 0 Å². The van der Waals surface area contributed by atoms with Crippen molar-refractivity contribution in [3.05, 3.63) is 40.1 Å². The molecule has 0 unspecified atom stereocenters. The molecule has 5 heterocycles. The van der Waals surface area contributed by atoms with Crippen molar-refractivity contribution < 1.29 is 18.0 Å². The van der Waals surface area contributed by atoms with Crippen LogP contribution in [0.2, 0.25) is 5.02 Å². The molecule has 2 atom stereocenters. The van der Waals surface area contributed by atoms with Gasteiger partial charge < -0.3 is 14.2 Å². The fourth-order valence-electron chi connectivity index (χ4n) is 5.98. The van der Waals surface area contributed by atoms with E-state index in [0.717, 1.165) is 25.7 Å². The van der Waals surface area contributed by atoms with E-state index in [4.69, 9.17) is 30.8 Å². The number of hydrogen-bond acceptors (Lipinski definition) is 8. The van der Waals surface area contributed by atoms with E-state index in [1.54, 1.807) is 30.3 Å². The van der Waals surface area contributed by atoms with Crippen molar-refractivity contribution in [2.45, 2.75) is 64.1 Å². The van der Waals surface area contributed by atoms with Crippen LogP contribution in [0.15, 0.2) is 33.8 Å². The zero-order chi connectivity index (χ0) is 28.0. The molecule has 0 bridgehead atoms. The van der Waals surface area contributed by atoms with E-state index in [0.29, 0.717) is 63.9 Å². The molecule has 0 aromatic carbocycles. The largest absolute Gasteiger partial charge is 0.439 e. The van der Waals surface area contributed by atoms with Gasteiger partial charge in [0.1, 0.15) is 5.69 Å². The Kier molecular flexibility index (Phi) is 7.30. The molecule has 40 heavy (non-hydrogen) atoms. The summed E-state index contributed by atoms with van der Waals surface area (Å²) in [6.45, 7) is 3.16. The van der Waals surface area contributed by atoms with Gasteiger partial charge in [0.15, 0.2) is 0 Å². The molecule has 2 fully saturated rings. The maximum absolute atomic E-state index is 14.3. The molecule has 0 spiro atoms. The van der Waals surface area contributed by atoms with Crippen molar-refractivity contribution in [2.75, 3.05) is 18.6 Å². The molecule has 1 N–H and O–H groups in total. The highest BCUT2D eigenvalue weighted by Crippen LogP contribution is 2.39. The van der Waals surface area contributed by atoms with Crippen molar-refractivity contribution in [2.24, 2.45) is 11.8 Å². The molecule has 13 heteroatoms. The number of halogens is 3. The van der Waals surface area contributed by atoms with Crippen molar-refractivity contribution in [1.29, 1.82) is 0 Å². The van der Waals surface area contributed by atoms with Crippen molar-refractivity contribution >= 4 is 28.6 Å². The van der Waals surface area contributed by atoms with Crippen LogP contribution >= 0.6 is 11.6 Å². The van der Waals surface area contributed by atoms with Gasteiger partial charge in [-0.15, -0.1) is 0 Å². The quantitative estimate of drug-likeness (QED) is 0.322. The maximum Gasteiger partial charge on any atom is 0.439 e. The zero-order valence-electron chi connectivity index (χ0n) is 22.2. The van der Waals surface area contributed by atoms with Gasteiger partial charge in [-0.3, -0.25) is 14.5 Å². The van der Waals surface area contributed by atoms with Gasteiger partial charge in [0.05, 0.1) is 33.9 Å². The molecule has 0 amide bonds. The normalized spacial score (nSPS) is 23.5.